The molecule has 0 spiro atoms. The van der Waals surface area contributed by atoms with Crippen molar-refractivity contribution in [1.29, 1.82) is 0 Å². The first-order valence-corrected chi connectivity index (χ1v) is 8.36. The molecule has 1 aliphatic carbocycles. The summed E-state index contributed by atoms with van der Waals surface area (Å²) in [6.45, 7) is 6.37. The standard InChI is InChI=1S/C12H26N2O2S/c1-3-6-13-7-8-17(15,16)14-10-12-5-4-11(2)9-12/h11-14H,3-10H2,1-2H3. The van der Waals surface area contributed by atoms with Crippen molar-refractivity contribution in [2.75, 3.05) is 25.4 Å². The molecule has 0 aliphatic heterocycles. The van der Waals surface area contributed by atoms with E-state index in [1.807, 2.05) is 0 Å². The average molecular weight is 262 g/mol. The minimum absolute atomic E-state index is 0.190. The molecular formula is C12H26N2O2S. The van der Waals surface area contributed by atoms with Gasteiger partial charge in [-0.25, -0.2) is 13.1 Å². The average Bonchev–Trinajstić information content (AvgIpc) is 2.68. The Kier molecular flexibility index (Phi) is 6.44. The van der Waals surface area contributed by atoms with Crippen LogP contribution in [0.3, 0.4) is 0 Å². The summed E-state index contributed by atoms with van der Waals surface area (Å²) in [4.78, 5) is 0. The molecule has 0 aromatic heterocycles. The quantitative estimate of drug-likeness (QED) is 0.649. The normalized spacial score (nSPS) is 25.3. The molecule has 0 aromatic carbocycles. The van der Waals surface area contributed by atoms with E-state index in [4.69, 9.17) is 0 Å². The van der Waals surface area contributed by atoms with Gasteiger partial charge < -0.3 is 5.32 Å². The summed E-state index contributed by atoms with van der Waals surface area (Å²) in [5, 5.41) is 3.11. The summed E-state index contributed by atoms with van der Waals surface area (Å²) < 4.78 is 26.1. The topological polar surface area (TPSA) is 58.2 Å². The maximum Gasteiger partial charge on any atom is 0.212 e. The van der Waals surface area contributed by atoms with Crippen LogP contribution < -0.4 is 10.0 Å². The predicted molar refractivity (Wildman–Crippen MR) is 71.5 cm³/mol. The third kappa shape index (κ3) is 6.38. The number of sulfonamides is 1. The summed E-state index contributed by atoms with van der Waals surface area (Å²) in [6, 6.07) is 0. The minimum Gasteiger partial charge on any atom is -0.316 e. The van der Waals surface area contributed by atoms with Gasteiger partial charge in [0.2, 0.25) is 10.0 Å². The fourth-order valence-corrected chi connectivity index (χ4v) is 3.38. The second-order valence-electron chi connectivity index (χ2n) is 5.20. The molecule has 2 atom stereocenters. The first-order chi connectivity index (χ1) is 8.03. The first-order valence-electron chi connectivity index (χ1n) is 6.71. The molecule has 102 valence electrons. The second kappa shape index (κ2) is 7.34. The fraction of sp³-hybridized carbons (Fsp3) is 1.00. The van der Waals surface area contributed by atoms with Crippen molar-refractivity contribution in [2.24, 2.45) is 11.8 Å². The van der Waals surface area contributed by atoms with Gasteiger partial charge in [0.15, 0.2) is 0 Å². The van der Waals surface area contributed by atoms with E-state index in [9.17, 15) is 8.42 Å². The van der Waals surface area contributed by atoms with Gasteiger partial charge in [0.05, 0.1) is 5.75 Å². The van der Waals surface area contributed by atoms with Crippen molar-refractivity contribution >= 4 is 10.0 Å². The van der Waals surface area contributed by atoms with Crippen molar-refractivity contribution in [3.63, 3.8) is 0 Å². The molecule has 1 saturated carbocycles. The molecule has 2 unspecified atom stereocenters. The Morgan fingerprint density at radius 2 is 2.00 bits per heavy atom. The molecule has 1 rings (SSSR count). The van der Waals surface area contributed by atoms with Crippen molar-refractivity contribution in [3.05, 3.63) is 0 Å². The Labute approximate surface area is 106 Å². The van der Waals surface area contributed by atoms with E-state index in [2.05, 4.69) is 23.9 Å². The van der Waals surface area contributed by atoms with Gasteiger partial charge in [0.1, 0.15) is 0 Å². The molecule has 0 saturated heterocycles. The molecule has 0 aromatic rings. The monoisotopic (exact) mass is 262 g/mol. The zero-order valence-corrected chi connectivity index (χ0v) is 11.9. The maximum absolute atomic E-state index is 11.7. The Balaban J connectivity index is 2.16. The molecule has 1 fully saturated rings. The third-order valence-corrected chi connectivity index (χ3v) is 4.72. The molecule has 0 bridgehead atoms. The summed E-state index contributed by atoms with van der Waals surface area (Å²) in [7, 11) is -3.08. The van der Waals surface area contributed by atoms with Gasteiger partial charge in [-0.2, -0.15) is 0 Å². The predicted octanol–water partition coefficient (Wildman–Crippen LogP) is 1.34. The molecule has 0 heterocycles. The largest absolute Gasteiger partial charge is 0.316 e. The van der Waals surface area contributed by atoms with Crippen LogP contribution in [-0.2, 0) is 10.0 Å². The van der Waals surface area contributed by atoms with Crippen LogP contribution in [0.25, 0.3) is 0 Å². The second-order valence-corrected chi connectivity index (χ2v) is 7.13. The molecule has 2 N–H and O–H groups in total. The molecule has 0 amide bonds. The van der Waals surface area contributed by atoms with Crippen molar-refractivity contribution in [1.82, 2.24) is 10.0 Å². The highest BCUT2D eigenvalue weighted by Crippen LogP contribution is 2.29. The molecule has 0 radical (unpaired) electrons. The van der Waals surface area contributed by atoms with Crippen LogP contribution in [0.15, 0.2) is 0 Å². The zero-order chi connectivity index (χ0) is 12.7. The van der Waals surface area contributed by atoms with Crippen molar-refractivity contribution in [2.45, 2.75) is 39.5 Å². The number of rotatable bonds is 8. The van der Waals surface area contributed by atoms with Gasteiger partial charge in [-0.15, -0.1) is 0 Å². The van der Waals surface area contributed by atoms with Crippen molar-refractivity contribution < 1.29 is 8.42 Å². The summed E-state index contributed by atoms with van der Waals surface area (Å²) in [5.41, 5.74) is 0. The summed E-state index contributed by atoms with van der Waals surface area (Å²) >= 11 is 0. The lowest BCUT2D eigenvalue weighted by Crippen LogP contribution is -2.34. The highest BCUT2D eigenvalue weighted by Gasteiger charge is 2.22. The van der Waals surface area contributed by atoms with E-state index in [1.54, 1.807) is 0 Å². The summed E-state index contributed by atoms with van der Waals surface area (Å²) in [6.07, 6.45) is 4.60. The lowest BCUT2D eigenvalue weighted by atomic mass is 10.1. The van der Waals surface area contributed by atoms with E-state index in [-0.39, 0.29) is 5.75 Å². The minimum atomic E-state index is -3.08. The third-order valence-electron chi connectivity index (χ3n) is 3.37. The van der Waals surface area contributed by atoms with Crippen LogP contribution in [0, 0.1) is 11.8 Å². The van der Waals surface area contributed by atoms with Crippen LogP contribution >= 0.6 is 0 Å². The van der Waals surface area contributed by atoms with E-state index < -0.39 is 10.0 Å². The molecule has 4 nitrogen and oxygen atoms in total. The molecule has 17 heavy (non-hydrogen) atoms. The van der Waals surface area contributed by atoms with Crippen LogP contribution in [-0.4, -0.2) is 33.8 Å². The highest BCUT2D eigenvalue weighted by atomic mass is 32.2. The van der Waals surface area contributed by atoms with Gasteiger partial charge in [0, 0.05) is 13.1 Å². The van der Waals surface area contributed by atoms with E-state index in [1.165, 1.54) is 6.42 Å². The van der Waals surface area contributed by atoms with Gasteiger partial charge in [-0.05, 0) is 37.6 Å². The Hall–Kier alpha value is -0.130. The first kappa shape index (κ1) is 14.9. The van der Waals surface area contributed by atoms with E-state index in [0.29, 0.717) is 19.0 Å². The van der Waals surface area contributed by atoms with Crippen molar-refractivity contribution in [3.8, 4) is 0 Å². The highest BCUT2D eigenvalue weighted by molar-refractivity contribution is 7.89. The SMILES string of the molecule is CCCNCCS(=O)(=O)NCC1CCC(C)C1. The number of hydrogen-bond acceptors (Lipinski definition) is 3. The lowest BCUT2D eigenvalue weighted by molar-refractivity contribution is 0.497. The van der Waals surface area contributed by atoms with E-state index in [0.717, 1.165) is 31.7 Å². The van der Waals surface area contributed by atoms with Crippen LogP contribution in [0.5, 0.6) is 0 Å². The van der Waals surface area contributed by atoms with Crippen LogP contribution in [0.4, 0.5) is 0 Å². The van der Waals surface area contributed by atoms with E-state index >= 15 is 0 Å². The Bertz CT molecular complexity index is 304. The molecular weight excluding hydrogens is 236 g/mol. The molecule has 5 heteroatoms. The van der Waals surface area contributed by atoms with Gasteiger partial charge >= 0.3 is 0 Å². The smallest absolute Gasteiger partial charge is 0.212 e. The van der Waals surface area contributed by atoms with Gasteiger partial charge in [-0.1, -0.05) is 20.3 Å². The lowest BCUT2D eigenvalue weighted by Gasteiger charge is -2.11. The zero-order valence-electron chi connectivity index (χ0n) is 11.0. The van der Waals surface area contributed by atoms with Gasteiger partial charge in [0.25, 0.3) is 0 Å². The molecule has 1 aliphatic rings. The Morgan fingerprint density at radius 1 is 1.24 bits per heavy atom. The Morgan fingerprint density at radius 3 is 2.59 bits per heavy atom. The maximum atomic E-state index is 11.7. The number of nitrogens with one attached hydrogen (secondary N) is 2. The summed E-state index contributed by atoms with van der Waals surface area (Å²) in [5.74, 6) is 1.49. The van der Waals surface area contributed by atoms with Crippen LogP contribution in [0.1, 0.15) is 39.5 Å². The van der Waals surface area contributed by atoms with Gasteiger partial charge in [-0.3, -0.25) is 0 Å². The number of hydrogen-bond donors (Lipinski definition) is 2. The fourth-order valence-electron chi connectivity index (χ4n) is 2.34. The van der Waals surface area contributed by atoms with Crippen LogP contribution in [0.2, 0.25) is 0 Å².